The van der Waals surface area contributed by atoms with Crippen LogP contribution in [0.3, 0.4) is 0 Å². The van der Waals surface area contributed by atoms with Crippen LogP contribution in [0.15, 0.2) is 16.6 Å². The molecule has 1 aliphatic carbocycles. The molecule has 0 heterocycles. The first-order valence-electron chi connectivity index (χ1n) is 5.92. The number of rotatable bonds is 2. The summed E-state index contributed by atoms with van der Waals surface area (Å²) in [6.07, 6.45) is 3.72. The van der Waals surface area contributed by atoms with Crippen molar-refractivity contribution in [3.05, 3.63) is 28.2 Å². The molecule has 1 fully saturated rings. The first kappa shape index (κ1) is 13.3. The van der Waals surface area contributed by atoms with E-state index in [4.69, 9.17) is 5.26 Å². The van der Waals surface area contributed by atoms with Gasteiger partial charge in [-0.25, -0.2) is 8.78 Å². The Morgan fingerprint density at radius 3 is 2.67 bits per heavy atom. The summed E-state index contributed by atoms with van der Waals surface area (Å²) in [7, 11) is 0. The lowest BCUT2D eigenvalue weighted by Gasteiger charge is -2.29. The third-order valence-corrected chi connectivity index (χ3v) is 3.89. The van der Waals surface area contributed by atoms with Gasteiger partial charge in [0.2, 0.25) is 0 Å². The zero-order valence-corrected chi connectivity index (χ0v) is 11.3. The van der Waals surface area contributed by atoms with Gasteiger partial charge in [-0.05, 0) is 34.8 Å². The highest BCUT2D eigenvalue weighted by molar-refractivity contribution is 9.10. The standard InChI is InChI=1S/C13H13BrF2N2/c14-10-5-9(15)6-11(16)13(10)18-12-4-2-1-3-8(12)7-17/h5-6,8,12,18H,1-4H2. The van der Waals surface area contributed by atoms with Gasteiger partial charge in [0, 0.05) is 16.6 Å². The predicted molar refractivity (Wildman–Crippen MR) is 69.0 cm³/mol. The number of anilines is 1. The largest absolute Gasteiger partial charge is 0.378 e. The summed E-state index contributed by atoms with van der Waals surface area (Å²) in [6.45, 7) is 0. The Hall–Kier alpha value is -1.15. The number of hydrogen-bond acceptors (Lipinski definition) is 2. The molecule has 0 spiro atoms. The molecule has 2 atom stereocenters. The minimum Gasteiger partial charge on any atom is -0.378 e. The number of nitriles is 1. The molecule has 0 aromatic heterocycles. The number of hydrogen-bond donors (Lipinski definition) is 1. The summed E-state index contributed by atoms with van der Waals surface area (Å²) in [5.41, 5.74) is 0.239. The van der Waals surface area contributed by atoms with Crippen LogP contribution in [0.4, 0.5) is 14.5 Å². The van der Waals surface area contributed by atoms with Crippen LogP contribution < -0.4 is 5.32 Å². The summed E-state index contributed by atoms with van der Waals surface area (Å²) in [6, 6.07) is 4.24. The van der Waals surface area contributed by atoms with E-state index in [2.05, 4.69) is 27.3 Å². The quantitative estimate of drug-likeness (QED) is 0.887. The fraction of sp³-hybridized carbons (Fsp3) is 0.462. The molecule has 1 aliphatic rings. The predicted octanol–water partition coefficient (Wildman–Crippen LogP) is 4.22. The first-order chi connectivity index (χ1) is 8.61. The second kappa shape index (κ2) is 5.66. The molecule has 2 nitrogen and oxygen atoms in total. The minimum atomic E-state index is -0.635. The number of halogens is 3. The van der Waals surface area contributed by atoms with Crippen LogP contribution in [-0.2, 0) is 0 Å². The average Bonchev–Trinajstić information content (AvgIpc) is 2.34. The molecule has 1 aromatic carbocycles. The van der Waals surface area contributed by atoms with E-state index in [0.29, 0.717) is 4.47 Å². The molecule has 1 aromatic rings. The zero-order chi connectivity index (χ0) is 13.1. The van der Waals surface area contributed by atoms with Crippen LogP contribution in [0.5, 0.6) is 0 Å². The van der Waals surface area contributed by atoms with Gasteiger partial charge in [0.1, 0.15) is 11.6 Å². The van der Waals surface area contributed by atoms with Crippen LogP contribution in [-0.4, -0.2) is 6.04 Å². The van der Waals surface area contributed by atoms with Crippen molar-refractivity contribution < 1.29 is 8.78 Å². The van der Waals surface area contributed by atoms with E-state index < -0.39 is 11.6 Å². The molecular formula is C13H13BrF2N2. The minimum absolute atomic E-state index is 0.0694. The van der Waals surface area contributed by atoms with Crippen LogP contribution in [0, 0.1) is 28.9 Å². The molecule has 1 N–H and O–H groups in total. The van der Waals surface area contributed by atoms with Crippen LogP contribution in [0.1, 0.15) is 25.7 Å². The maximum Gasteiger partial charge on any atom is 0.150 e. The third-order valence-electron chi connectivity index (χ3n) is 3.27. The van der Waals surface area contributed by atoms with Crippen LogP contribution in [0.25, 0.3) is 0 Å². The Morgan fingerprint density at radius 1 is 1.28 bits per heavy atom. The lowest BCUT2D eigenvalue weighted by Crippen LogP contribution is -2.31. The van der Waals surface area contributed by atoms with Crippen molar-refractivity contribution in [2.24, 2.45) is 5.92 Å². The van der Waals surface area contributed by atoms with E-state index in [9.17, 15) is 8.78 Å². The highest BCUT2D eigenvalue weighted by Crippen LogP contribution is 2.32. The van der Waals surface area contributed by atoms with Gasteiger partial charge < -0.3 is 5.32 Å². The van der Waals surface area contributed by atoms with Crippen LogP contribution >= 0.6 is 15.9 Å². The van der Waals surface area contributed by atoms with Gasteiger partial charge in [0.15, 0.2) is 0 Å². The molecule has 0 radical (unpaired) electrons. The maximum absolute atomic E-state index is 13.7. The van der Waals surface area contributed by atoms with Crippen LogP contribution in [0.2, 0.25) is 0 Å². The fourth-order valence-corrected chi connectivity index (χ4v) is 2.85. The molecule has 18 heavy (non-hydrogen) atoms. The van der Waals surface area contributed by atoms with E-state index in [0.717, 1.165) is 31.7 Å². The van der Waals surface area contributed by atoms with Gasteiger partial charge >= 0.3 is 0 Å². The molecule has 96 valence electrons. The molecule has 0 bridgehead atoms. The van der Waals surface area contributed by atoms with Gasteiger partial charge in [0.25, 0.3) is 0 Å². The Kier molecular flexibility index (Phi) is 4.18. The summed E-state index contributed by atoms with van der Waals surface area (Å²) >= 11 is 3.14. The van der Waals surface area contributed by atoms with Crippen molar-refractivity contribution in [3.63, 3.8) is 0 Å². The second-order valence-corrected chi connectivity index (χ2v) is 5.37. The molecule has 1 saturated carbocycles. The van der Waals surface area contributed by atoms with Crippen molar-refractivity contribution in [1.29, 1.82) is 5.26 Å². The van der Waals surface area contributed by atoms with Crippen molar-refractivity contribution in [2.75, 3.05) is 5.32 Å². The first-order valence-corrected chi connectivity index (χ1v) is 6.72. The van der Waals surface area contributed by atoms with Gasteiger partial charge in [0.05, 0.1) is 17.7 Å². The number of nitrogens with one attached hydrogen (secondary N) is 1. The fourth-order valence-electron chi connectivity index (χ4n) is 2.32. The molecule has 2 rings (SSSR count). The summed E-state index contributed by atoms with van der Waals surface area (Å²) in [5.74, 6) is -1.37. The smallest absolute Gasteiger partial charge is 0.150 e. The van der Waals surface area contributed by atoms with Gasteiger partial charge in [-0.1, -0.05) is 12.8 Å². The zero-order valence-electron chi connectivity index (χ0n) is 9.72. The lowest BCUT2D eigenvalue weighted by molar-refractivity contribution is 0.387. The van der Waals surface area contributed by atoms with Crippen molar-refractivity contribution >= 4 is 21.6 Å². The summed E-state index contributed by atoms with van der Waals surface area (Å²) in [4.78, 5) is 0. The highest BCUT2D eigenvalue weighted by Gasteiger charge is 2.26. The number of benzene rings is 1. The second-order valence-electron chi connectivity index (χ2n) is 4.52. The Bertz CT molecular complexity index is 461. The number of nitrogens with zero attached hydrogens (tertiary/aromatic N) is 1. The van der Waals surface area contributed by atoms with Gasteiger partial charge in [-0.3, -0.25) is 0 Å². The molecule has 5 heteroatoms. The molecule has 0 amide bonds. The third kappa shape index (κ3) is 2.81. The summed E-state index contributed by atoms with van der Waals surface area (Å²) in [5, 5.41) is 12.1. The van der Waals surface area contributed by atoms with Gasteiger partial charge in [-0.15, -0.1) is 0 Å². The monoisotopic (exact) mass is 314 g/mol. The van der Waals surface area contributed by atoms with E-state index in [-0.39, 0.29) is 17.6 Å². The molecule has 0 aliphatic heterocycles. The van der Waals surface area contributed by atoms with Crippen molar-refractivity contribution in [3.8, 4) is 6.07 Å². The normalized spacial score (nSPS) is 23.4. The summed E-state index contributed by atoms with van der Waals surface area (Å²) < 4.78 is 27.0. The Balaban J connectivity index is 2.21. The molecule has 2 unspecified atom stereocenters. The lowest BCUT2D eigenvalue weighted by atomic mass is 9.85. The SMILES string of the molecule is N#CC1CCCCC1Nc1c(F)cc(F)cc1Br. The van der Waals surface area contributed by atoms with Crippen molar-refractivity contribution in [2.45, 2.75) is 31.7 Å². The van der Waals surface area contributed by atoms with E-state index in [1.165, 1.54) is 6.07 Å². The molecule has 0 saturated heterocycles. The Labute approximate surface area is 113 Å². The van der Waals surface area contributed by atoms with Gasteiger partial charge in [-0.2, -0.15) is 5.26 Å². The topological polar surface area (TPSA) is 35.8 Å². The van der Waals surface area contributed by atoms with E-state index >= 15 is 0 Å². The van der Waals surface area contributed by atoms with Crippen molar-refractivity contribution in [1.82, 2.24) is 0 Å². The molecular weight excluding hydrogens is 302 g/mol. The van der Waals surface area contributed by atoms with E-state index in [1.54, 1.807) is 0 Å². The van der Waals surface area contributed by atoms with E-state index in [1.807, 2.05) is 0 Å². The maximum atomic E-state index is 13.7. The Morgan fingerprint density at radius 2 is 2.00 bits per heavy atom. The average molecular weight is 315 g/mol. The highest BCUT2D eigenvalue weighted by atomic mass is 79.9.